The van der Waals surface area contributed by atoms with Crippen molar-refractivity contribution in [2.45, 2.75) is 0 Å². The van der Waals surface area contributed by atoms with Gasteiger partial charge < -0.3 is 14.8 Å². The number of carbonyl (C=O) groups is 2. The molecule has 0 fully saturated rings. The van der Waals surface area contributed by atoms with E-state index in [1.807, 2.05) is 18.2 Å². The molecule has 0 radical (unpaired) electrons. The van der Waals surface area contributed by atoms with Crippen LogP contribution in [0.3, 0.4) is 0 Å². The van der Waals surface area contributed by atoms with Crippen molar-refractivity contribution < 1.29 is 19.1 Å². The average Bonchev–Trinajstić information content (AvgIpc) is 2.70. The summed E-state index contributed by atoms with van der Waals surface area (Å²) in [7, 11) is 3.02. The van der Waals surface area contributed by atoms with Crippen molar-refractivity contribution >= 4 is 22.6 Å². The molecule has 132 valence electrons. The van der Waals surface area contributed by atoms with E-state index in [4.69, 9.17) is 9.47 Å². The van der Waals surface area contributed by atoms with Gasteiger partial charge in [0.15, 0.2) is 17.3 Å². The minimum atomic E-state index is -0.363. The van der Waals surface area contributed by atoms with Crippen molar-refractivity contribution in [1.82, 2.24) is 10.3 Å². The Morgan fingerprint density at radius 3 is 2.50 bits per heavy atom. The molecule has 0 bridgehead atoms. The van der Waals surface area contributed by atoms with Crippen molar-refractivity contribution in [3.05, 3.63) is 65.9 Å². The summed E-state index contributed by atoms with van der Waals surface area (Å²) in [4.78, 5) is 28.9. The lowest BCUT2D eigenvalue weighted by Gasteiger charge is -2.10. The molecule has 0 aliphatic carbocycles. The maximum Gasteiger partial charge on any atom is 0.251 e. The predicted molar refractivity (Wildman–Crippen MR) is 98.0 cm³/mol. The molecule has 1 N–H and O–H groups in total. The number of methoxy groups -OCH3 is 2. The summed E-state index contributed by atoms with van der Waals surface area (Å²) < 4.78 is 10.3. The standard InChI is InChI=1S/C20H18N2O4/c1-25-18-8-7-15(11-19(18)26-2)20(24)22-12-17(23)14-6-5-13-4-3-9-21-16(13)10-14/h3-11H,12H2,1-2H3,(H,22,24). The van der Waals surface area contributed by atoms with Crippen LogP contribution in [-0.2, 0) is 0 Å². The van der Waals surface area contributed by atoms with Gasteiger partial charge in [0.05, 0.1) is 26.3 Å². The van der Waals surface area contributed by atoms with Crippen LogP contribution >= 0.6 is 0 Å². The molecule has 3 rings (SSSR count). The van der Waals surface area contributed by atoms with E-state index < -0.39 is 0 Å². The van der Waals surface area contributed by atoms with Crippen LogP contribution in [0, 0.1) is 0 Å². The van der Waals surface area contributed by atoms with E-state index >= 15 is 0 Å². The maximum atomic E-state index is 12.4. The lowest BCUT2D eigenvalue weighted by Crippen LogP contribution is -2.29. The highest BCUT2D eigenvalue weighted by atomic mass is 16.5. The number of ether oxygens (including phenoxy) is 2. The fraction of sp³-hybridized carbons (Fsp3) is 0.150. The van der Waals surface area contributed by atoms with E-state index in [1.165, 1.54) is 14.2 Å². The van der Waals surface area contributed by atoms with Gasteiger partial charge in [-0.15, -0.1) is 0 Å². The third kappa shape index (κ3) is 3.64. The van der Waals surface area contributed by atoms with Crippen molar-refractivity contribution in [3.63, 3.8) is 0 Å². The fourth-order valence-electron chi connectivity index (χ4n) is 2.58. The van der Waals surface area contributed by atoms with Gasteiger partial charge in [0, 0.05) is 22.7 Å². The second-order valence-electron chi connectivity index (χ2n) is 5.59. The molecule has 3 aromatic rings. The maximum absolute atomic E-state index is 12.4. The number of nitrogens with one attached hydrogen (secondary N) is 1. The molecule has 1 aromatic heterocycles. The van der Waals surface area contributed by atoms with Crippen LogP contribution in [0.15, 0.2) is 54.7 Å². The van der Waals surface area contributed by atoms with E-state index in [2.05, 4.69) is 10.3 Å². The van der Waals surface area contributed by atoms with Gasteiger partial charge in [-0.3, -0.25) is 14.6 Å². The first kappa shape index (κ1) is 17.4. The Hall–Kier alpha value is -3.41. The SMILES string of the molecule is COc1ccc(C(=O)NCC(=O)c2ccc3cccnc3c2)cc1OC. The number of pyridine rings is 1. The van der Waals surface area contributed by atoms with Crippen LogP contribution in [0.5, 0.6) is 11.5 Å². The van der Waals surface area contributed by atoms with Gasteiger partial charge in [-0.2, -0.15) is 0 Å². The Morgan fingerprint density at radius 1 is 0.962 bits per heavy atom. The Bertz CT molecular complexity index is 969. The van der Waals surface area contributed by atoms with Crippen LogP contribution in [0.25, 0.3) is 10.9 Å². The number of hydrogen-bond donors (Lipinski definition) is 1. The smallest absolute Gasteiger partial charge is 0.251 e. The summed E-state index contributed by atoms with van der Waals surface area (Å²) in [6, 6.07) is 13.9. The molecule has 26 heavy (non-hydrogen) atoms. The van der Waals surface area contributed by atoms with Gasteiger partial charge in [-0.05, 0) is 30.3 Å². The highest BCUT2D eigenvalue weighted by Gasteiger charge is 2.13. The average molecular weight is 350 g/mol. The number of aromatic nitrogens is 1. The number of nitrogens with zero attached hydrogens (tertiary/aromatic N) is 1. The van der Waals surface area contributed by atoms with Gasteiger partial charge in [0.25, 0.3) is 5.91 Å². The van der Waals surface area contributed by atoms with Gasteiger partial charge in [0.2, 0.25) is 0 Å². The number of amides is 1. The molecule has 0 unspecified atom stereocenters. The normalized spacial score (nSPS) is 10.4. The van der Waals surface area contributed by atoms with Gasteiger partial charge in [-0.25, -0.2) is 0 Å². The first-order valence-electron chi connectivity index (χ1n) is 8.00. The summed E-state index contributed by atoms with van der Waals surface area (Å²) in [5.41, 5.74) is 1.63. The Balaban J connectivity index is 1.69. The lowest BCUT2D eigenvalue weighted by molar-refractivity contribution is 0.0904. The van der Waals surface area contributed by atoms with Crippen molar-refractivity contribution in [2.75, 3.05) is 20.8 Å². The number of rotatable bonds is 6. The van der Waals surface area contributed by atoms with Crippen LogP contribution in [0.2, 0.25) is 0 Å². The molecule has 0 spiro atoms. The lowest BCUT2D eigenvalue weighted by atomic mass is 10.1. The number of benzene rings is 2. The summed E-state index contributed by atoms with van der Waals surface area (Å²) >= 11 is 0. The summed E-state index contributed by atoms with van der Waals surface area (Å²) in [5.74, 6) is 0.431. The fourth-order valence-corrected chi connectivity index (χ4v) is 2.58. The van der Waals surface area contributed by atoms with Gasteiger partial charge in [0.1, 0.15) is 0 Å². The van der Waals surface area contributed by atoms with Crippen LogP contribution in [0.1, 0.15) is 20.7 Å². The minimum absolute atomic E-state index is 0.106. The second-order valence-corrected chi connectivity index (χ2v) is 5.59. The van der Waals surface area contributed by atoms with E-state index in [-0.39, 0.29) is 18.2 Å². The number of hydrogen-bond acceptors (Lipinski definition) is 5. The van der Waals surface area contributed by atoms with Gasteiger partial charge in [-0.1, -0.05) is 18.2 Å². The predicted octanol–water partition coefficient (Wildman–Crippen LogP) is 2.86. The largest absolute Gasteiger partial charge is 0.493 e. The minimum Gasteiger partial charge on any atom is -0.493 e. The van der Waals surface area contributed by atoms with Crippen LogP contribution in [0.4, 0.5) is 0 Å². The van der Waals surface area contributed by atoms with Crippen molar-refractivity contribution in [2.24, 2.45) is 0 Å². The molecular formula is C20H18N2O4. The summed E-state index contributed by atoms with van der Waals surface area (Å²) in [5, 5.41) is 3.59. The quantitative estimate of drug-likeness (QED) is 0.692. The van der Waals surface area contributed by atoms with Crippen molar-refractivity contribution in [1.29, 1.82) is 0 Å². The molecule has 6 nitrogen and oxygen atoms in total. The first-order valence-corrected chi connectivity index (χ1v) is 8.00. The zero-order chi connectivity index (χ0) is 18.5. The number of Topliss-reactive ketones (excluding diaryl/α,β-unsaturated/α-hetero) is 1. The van der Waals surface area contributed by atoms with E-state index in [0.29, 0.717) is 22.6 Å². The number of carbonyl (C=O) groups excluding carboxylic acids is 2. The number of ketones is 1. The van der Waals surface area contributed by atoms with E-state index in [9.17, 15) is 9.59 Å². The third-order valence-corrected chi connectivity index (χ3v) is 3.98. The Morgan fingerprint density at radius 2 is 1.73 bits per heavy atom. The third-order valence-electron chi connectivity index (χ3n) is 3.98. The molecule has 2 aromatic carbocycles. The monoisotopic (exact) mass is 350 g/mol. The molecule has 0 saturated heterocycles. The first-order chi connectivity index (χ1) is 12.6. The molecule has 6 heteroatoms. The Labute approximate surface area is 150 Å². The molecule has 0 aliphatic rings. The molecule has 0 saturated carbocycles. The molecular weight excluding hydrogens is 332 g/mol. The zero-order valence-corrected chi connectivity index (χ0v) is 14.5. The second kappa shape index (κ2) is 7.65. The highest BCUT2D eigenvalue weighted by Crippen LogP contribution is 2.27. The van der Waals surface area contributed by atoms with Crippen LogP contribution < -0.4 is 14.8 Å². The molecule has 0 atom stereocenters. The van der Waals surface area contributed by atoms with Crippen molar-refractivity contribution in [3.8, 4) is 11.5 Å². The van der Waals surface area contributed by atoms with E-state index in [0.717, 1.165) is 10.9 Å². The molecule has 0 aliphatic heterocycles. The highest BCUT2D eigenvalue weighted by molar-refractivity contribution is 6.03. The number of fused-ring (bicyclic) bond motifs is 1. The molecule has 1 amide bonds. The van der Waals surface area contributed by atoms with Crippen LogP contribution in [-0.4, -0.2) is 37.4 Å². The van der Waals surface area contributed by atoms with E-state index in [1.54, 1.807) is 36.5 Å². The Kier molecular flexibility index (Phi) is 5.12. The summed E-state index contributed by atoms with van der Waals surface area (Å²) in [6.07, 6.45) is 1.68. The summed E-state index contributed by atoms with van der Waals surface area (Å²) in [6.45, 7) is -0.106. The topological polar surface area (TPSA) is 77.5 Å². The zero-order valence-electron chi connectivity index (χ0n) is 14.5. The molecule has 1 heterocycles. The van der Waals surface area contributed by atoms with Gasteiger partial charge >= 0.3 is 0 Å².